The van der Waals surface area contributed by atoms with E-state index >= 15 is 0 Å². The lowest BCUT2D eigenvalue weighted by Gasteiger charge is -2.34. The van der Waals surface area contributed by atoms with E-state index in [-0.39, 0.29) is 0 Å². The monoisotopic (exact) mass is 358 g/mol. The number of allylic oxidation sites excluding steroid dienone is 1. The van der Waals surface area contributed by atoms with Gasteiger partial charge in [0.2, 0.25) is 0 Å². The third-order valence-electron chi connectivity index (χ3n) is 5.31. The molecule has 2 atom stereocenters. The number of dihydropyridines is 1. The van der Waals surface area contributed by atoms with Crippen LogP contribution in [0.25, 0.3) is 11.0 Å². The van der Waals surface area contributed by atoms with E-state index in [0.717, 1.165) is 48.6 Å². The molecule has 6 heteroatoms. The Bertz CT molecular complexity index is 977. The van der Waals surface area contributed by atoms with Crippen molar-refractivity contribution in [3.63, 3.8) is 0 Å². The van der Waals surface area contributed by atoms with Gasteiger partial charge >= 0.3 is 0 Å². The van der Waals surface area contributed by atoms with E-state index in [2.05, 4.69) is 43.1 Å². The molecule has 0 fully saturated rings. The lowest BCUT2D eigenvalue weighted by atomic mass is 9.89. The number of aliphatic imine (C=N–C) groups is 1. The summed E-state index contributed by atoms with van der Waals surface area (Å²) < 4.78 is 0. The van der Waals surface area contributed by atoms with Crippen LogP contribution >= 0.6 is 0 Å². The van der Waals surface area contributed by atoms with Crippen LogP contribution in [0.2, 0.25) is 0 Å². The molecule has 0 saturated heterocycles. The Morgan fingerprint density at radius 2 is 2.04 bits per heavy atom. The van der Waals surface area contributed by atoms with Gasteiger partial charge < -0.3 is 9.97 Å². The molecule has 2 N–H and O–H groups in total. The van der Waals surface area contributed by atoms with E-state index < -0.39 is 0 Å². The zero-order chi connectivity index (χ0) is 18.1. The van der Waals surface area contributed by atoms with Gasteiger partial charge in [-0.2, -0.15) is 0 Å². The summed E-state index contributed by atoms with van der Waals surface area (Å²) >= 11 is 0. The average Bonchev–Trinajstić information content (AvgIpc) is 3.36. The number of imidazole rings is 2. The molecule has 5 rings (SSSR count). The van der Waals surface area contributed by atoms with Crippen molar-refractivity contribution in [1.82, 2.24) is 24.8 Å². The van der Waals surface area contributed by atoms with E-state index in [1.165, 1.54) is 5.57 Å². The minimum Gasteiger partial charge on any atom is -0.348 e. The second-order valence-electron chi connectivity index (χ2n) is 7.13. The molecular weight excluding hydrogens is 336 g/mol. The Morgan fingerprint density at radius 3 is 2.93 bits per heavy atom. The normalized spacial score (nSPS) is 21.6. The minimum atomic E-state index is 0.322. The molecule has 1 aliphatic carbocycles. The number of aromatic amines is 2. The summed E-state index contributed by atoms with van der Waals surface area (Å²) in [6.45, 7) is 1.51. The van der Waals surface area contributed by atoms with Gasteiger partial charge in [-0.25, -0.2) is 9.97 Å². The molecule has 2 unspecified atom stereocenters. The zero-order valence-electron chi connectivity index (χ0n) is 15.0. The highest BCUT2D eigenvalue weighted by atomic mass is 15.2. The van der Waals surface area contributed by atoms with Crippen LogP contribution in [0, 0.1) is 0 Å². The number of aromatic nitrogens is 4. The summed E-state index contributed by atoms with van der Waals surface area (Å²) in [5.41, 5.74) is 3.41. The van der Waals surface area contributed by atoms with Crippen LogP contribution < -0.4 is 0 Å². The summed E-state index contributed by atoms with van der Waals surface area (Å²) in [6.07, 6.45) is 14.3. The SMILES string of the molecule is C1=CC2=CC(N(Cc3ncc[nH]3)Cc3nc4ccccc4[nH]3)CCC2N=C1. The van der Waals surface area contributed by atoms with Gasteiger partial charge in [0, 0.05) is 24.7 Å². The largest absolute Gasteiger partial charge is 0.348 e. The fraction of sp³-hybridized carbons (Fsp3) is 0.286. The predicted molar refractivity (Wildman–Crippen MR) is 106 cm³/mol. The van der Waals surface area contributed by atoms with Crippen molar-refractivity contribution in [3.8, 4) is 0 Å². The number of para-hydroxylation sites is 2. The molecule has 0 spiro atoms. The topological polar surface area (TPSA) is 73.0 Å². The quantitative estimate of drug-likeness (QED) is 0.734. The first-order chi connectivity index (χ1) is 13.3. The Morgan fingerprint density at radius 1 is 1.11 bits per heavy atom. The molecule has 6 nitrogen and oxygen atoms in total. The molecular formula is C21H22N6. The number of benzene rings is 1. The Balaban J connectivity index is 1.43. The van der Waals surface area contributed by atoms with Crippen LogP contribution in [0.5, 0.6) is 0 Å². The first kappa shape index (κ1) is 16.2. The summed E-state index contributed by atoms with van der Waals surface area (Å²) in [7, 11) is 0. The molecule has 1 aliphatic heterocycles. The van der Waals surface area contributed by atoms with Crippen molar-refractivity contribution in [2.24, 2.45) is 4.99 Å². The number of hydrogen-bond donors (Lipinski definition) is 2. The summed E-state index contributed by atoms with van der Waals surface area (Å²) in [4.78, 5) is 22.9. The van der Waals surface area contributed by atoms with E-state index in [1.807, 2.05) is 42.9 Å². The second-order valence-corrected chi connectivity index (χ2v) is 7.13. The number of hydrogen-bond acceptors (Lipinski definition) is 4. The molecule has 0 radical (unpaired) electrons. The van der Waals surface area contributed by atoms with Crippen LogP contribution in [0.1, 0.15) is 24.5 Å². The second kappa shape index (κ2) is 6.96. The molecule has 3 aromatic rings. The fourth-order valence-corrected chi connectivity index (χ4v) is 3.97. The van der Waals surface area contributed by atoms with Gasteiger partial charge in [0.25, 0.3) is 0 Å². The van der Waals surface area contributed by atoms with Gasteiger partial charge in [-0.05, 0) is 36.6 Å². The third kappa shape index (κ3) is 3.36. The van der Waals surface area contributed by atoms with Gasteiger partial charge in [-0.15, -0.1) is 0 Å². The summed E-state index contributed by atoms with van der Waals surface area (Å²) in [6, 6.07) is 8.84. The standard InChI is InChI=1S/C21H22N6/c1-2-6-19-18(5-1)25-21(26-19)14-27(13-20-23-10-11-24-20)16-7-8-17-15(12-16)4-3-9-22-17/h1-6,9-12,16-17H,7-8,13-14H2,(H,23,24)(H,25,26). The van der Waals surface area contributed by atoms with Gasteiger partial charge in [0.1, 0.15) is 11.6 Å². The Kier molecular flexibility index (Phi) is 4.18. The first-order valence-electron chi connectivity index (χ1n) is 9.43. The van der Waals surface area contributed by atoms with Crippen LogP contribution in [-0.4, -0.2) is 43.1 Å². The van der Waals surface area contributed by atoms with Crippen molar-refractivity contribution in [3.05, 3.63) is 72.1 Å². The average molecular weight is 358 g/mol. The van der Waals surface area contributed by atoms with E-state index in [1.54, 1.807) is 0 Å². The molecule has 3 heterocycles. The molecule has 0 saturated carbocycles. The van der Waals surface area contributed by atoms with Gasteiger partial charge in [-0.1, -0.05) is 24.3 Å². The van der Waals surface area contributed by atoms with Gasteiger partial charge in [0.15, 0.2) is 0 Å². The van der Waals surface area contributed by atoms with Crippen LogP contribution in [-0.2, 0) is 13.1 Å². The third-order valence-corrected chi connectivity index (χ3v) is 5.31. The number of H-pyrrole nitrogens is 2. The number of rotatable bonds is 5. The summed E-state index contributed by atoms with van der Waals surface area (Å²) in [5.74, 6) is 1.96. The number of nitrogens with one attached hydrogen (secondary N) is 2. The number of fused-ring (bicyclic) bond motifs is 2. The van der Waals surface area contributed by atoms with Crippen molar-refractivity contribution >= 4 is 17.2 Å². The van der Waals surface area contributed by atoms with Crippen molar-refractivity contribution in [2.45, 2.75) is 38.0 Å². The molecule has 136 valence electrons. The zero-order valence-corrected chi connectivity index (χ0v) is 15.0. The minimum absolute atomic E-state index is 0.322. The highest BCUT2D eigenvalue weighted by Crippen LogP contribution is 2.28. The maximum atomic E-state index is 4.77. The smallest absolute Gasteiger partial charge is 0.121 e. The molecule has 0 amide bonds. The van der Waals surface area contributed by atoms with Crippen LogP contribution in [0.4, 0.5) is 0 Å². The lowest BCUT2D eigenvalue weighted by molar-refractivity contribution is 0.184. The first-order valence-corrected chi connectivity index (χ1v) is 9.43. The van der Waals surface area contributed by atoms with Gasteiger partial charge in [0.05, 0.1) is 30.2 Å². The molecule has 0 bridgehead atoms. The van der Waals surface area contributed by atoms with E-state index in [0.29, 0.717) is 12.1 Å². The maximum absolute atomic E-state index is 4.77. The molecule has 27 heavy (non-hydrogen) atoms. The van der Waals surface area contributed by atoms with Gasteiger partial charge in [-0.3, -0.25) is 9.89 Å². The Labute approximate surface area is 157 Å². The maximum Gasteiger partial charge on any atom is 0.121 e. The van der Waals surface area contributed by atoms with Crippen molar-refractivity contribution in [1.29, 1.82) is 0 Å². The number of nitrogens with zero attached hydrogens (tertiary/aromatic N) is 4. The Hall–Kier alpha value is -2.99. The van der Waals surface area contributed by atoms with E-state index in [9.17, 15) is 0 Å². The van der Waals surface area contributed by atoms with Crippen LogP contribution in [0.3, 0.4) is 0 Å². The van der Waals surface area contributed by atoms with Crippen molar-refractivity contribution in [2.75, 3.05) is 0 Å². The lowest BCUT2D eigenvalue weighted by Crippen LogP contribution is -2.37. The fourth-order valence-electron chi connectivity index (χ4n) is 3.97. The molecule has 1 aromatic carbocycles. The predicted octanol–water partition coefficient (Wildman–Crippen LogP) is 3.39. The highest BCUT2D eigenvalue weighted by molar-refractivity contribution is 5.75. The highest BCUT2D eigenvalue weighted by Gasteiger charge is 2.27. The molecule has 2 aliphatic rings. The summed E-state index contributed by atoms with van der Waals surface area (Å²) in [5, 5.41) is 0. The van der Waals surface area contributed by atoms with E-state index in [4.69, 9.17) is 4.98 Å². The van der Waals surface area contributed by atoms with Crippen molar-refractivity contribution < 1.29 is 0 Å². The molecule has 2 aromatic heterocycles. The van der Waals surface area contributed by atoms with Crippen LogP contribution in [0.15, 0.2) is 65.5 Å².